The molecule has 0 aromatic carbocycles. The number of nitrogens with zero attached hydrogens (tertiary/aromatic N) is 3. The van der Waals surface area contributed by atoms with Crippen molar-refractivity contribution >= 4 is 11.7 Å². The molecule has 8 nitrogen and oxygen atoms in total. The summed E-state index contributed by atoms with van der Waals surface area (Å²) in [6.07, 6.45) is 7.42. The number of carbonyl (C=O) groups excluding carboxylic acids is 1. The van der Waals surface area contributed by atoms with Gasteiger partial charge in [0.15, 0.2) is 0 Å². The van der Waals surface area contributed by atoms with E-state index >= 15 is 0 Å². The van der Waals surface area contributed by atoms with Crippen molar-refractivity contribution in [3.05, 3.63) is 6.20 Å². The topological polar surface area (TPSA) is 77.9 Å². The lowest BCUT2D eigenvalue weighted by Gasteiger charge is -2.38. The lowest BCUT2D eigenvalue weighted by molar-refractivity contribution is -0.0705. The third-order valence-electron chi connectivity index (χ3n) is 5.54. The van der Waals surface area contributed by atoms with Crippen LogP contribution in [-0.2, 0) is 16.5 Å². The van der Waals surface area contributed by atoms with Gasteiger partial charge in [-0.05, 0) is 38.0 Å². The smallest absolute Gasteiger partial charge is 0.322 e. The average Bonchev–Trinajstić information content (AvgIpc) is 2.98. The van der Waals surface area contributed by atoms with Gasteiger partial charge in [-0.2, -0.15) is 0 Å². The van der Waals surface area contributed by atoms with Crippen LogP contribution in [0.25, 0.3) is 0 Å². The number of amides is 2. The highest BCUT2D eigenvalue weighted by Gasteiger charge is 2.32. The molecule has 144 valence electrons. The van der Waals surface area contributed by atoms with Crippen molar-refractivity contribution in [2.24, 2.45) is 13.0 Å². The number of ether oxygens (including phenoxy) is 3. The third kappa shape index (κ3) is 3.96. The Bertz CT molecular complexity index is 625. The van der Waals surface area contributed by atoms with Crippen LogP contribution in [0.2, 0.25) is 0 Å². The monoisotopic (exact) mass is 364 g/mol. The number of carbonyl (C=O) groups is 1. The van der Waals surface area contributed by atoms with Gasteiger partial charge in [0.05, 0.1) is 18.9 Å². The Balaban J connectivity index is 1.36. The molecule has 1 atom stereocenters. The van der Waals surface area contributed by atoms with Crippen LogP contribution in [0.1, 0.15) is 32.1 Å². The van der Waals surface area contributed by atoms with Crippen LogP contribution in [0, 0.1) is 5.92 Å². The van der Waals surface area contributed by atoms with E-state index in [1.807, 2.05) is 11.9 Å². The Morgan fingerprint density at radius 2 is 2.08 bits per heavy atom. The van der Waals surface area contributed by atoms with Gasteiger partial charge in [0.1, 0.15) is 11.8 Å². The number of nitrogens with one attached hydrogen (secondary N) is 1. The van der Waals surface area contributed by atoms with Crippen molar-refractivity contribution in [3.8, 4) is 5.88 Å². The zero-order valence-corrected chi connectivity index (χ0v) is 15.4. The van der Waals surface area contributed by atoms with Gasteiger partial charge in [-0.3, -0.25) is 4.68 Å². The molecule has 2 amide bonds. The second-order valence-electron chi connectivity index (χ2n) is 7.43. The number of rotatable bonds is 4. The molecule has 0 radical (unpaired) electrons. The van der Waals surface area contributed by atoms with Crippen molar-refractivity contribution in [2.75, 3.05) is 38.2 Å². The Morgan fingerprint density at radius 1 is 1.27 bits per heavy atom. The molecule has 3 fully saturated rings. The highest BCUT2D eigenvalue weighted by atomic mass is 16.5. The van der Waals surface area contributed by atoms with Crippen molar-refractivity contribution in [2.45, 2.75) is 44.3 Å². The quantitative estimate of drug-likeness (QED) is 0.884. The number of hydrogen-bond donors (Lipinski definition) is 1. The molecule has 1 aromatic rings. The molecular weight excluding hydrogens is 336 g/mol. The lowest BCUT2D eigenvalue weighted by Crippen LogP contribution is -2.50. The van der Waals surface area contributed by atoms with E-state index in [2.05, 4.69) is 10.4 Å². The van der Waals surface area contributed by atoms with Gasteiger partial charge in [-0.25, -0.2) is 4.79 Å². The van der Waals surface area contributed by atoms with Crippen molar-refractivity contribution in [1.82, 2.24) is 14.7 Å². The fraction of sp³-hybridized carbons (Fsp3) is 0.778. The van der Waals surface area contributed by atoms with E-state index in [-0.39, 0.29) is 18.2 Å². The normalized spacial score (nSPS) is 25.0. The number of morpholine rings is 1. The molecule has 1 aromatic heterocycles. The van der Waals surface area contributed by atoms with Crippen molar-refractivity contribution < 1.29 is 19.0 Å². The molecule has 2 saturated heterocycles. The first kappa shape index (κ1) is 17.6. The summed E-state index contributed by atoms with van der Waals surface area (Å²) in [4.78, 5) is 14.6. The fourth-order valence-electron chi connectivity index (χ4n) is 3.71. The van der Waals surface area contributed by atoms with Crippen LogP contribution in [0.3, 0.4) is 0 Å². The minimum atomic E-state index is -0.114. The highest BCUT2D eigenvalue weighted by molar-refractivity contribution is 5.90. The summed E-state index contributed by atoms with van der Waals surface area (Å²) in [5, 5.41) is 7.32. The summed E-state index contributed by atoms with van der Waals surface area (Å²) in [5.74, 6) is 0.982. The molecule has 0 bridgehead atoms. The molecule has 26 heavy (non-hydrogen) atoms. The van der Waals surface area contributed by atoms with Gasteiger partial charge < -0.3 is 24.4 Å². The minimum absolute atomic E-state index is 0.0954. The molecule has 1 aliphatic carbocycles. The number of urea groups is 1. The second kappa shape index (κ2) is 7.84. The second-order valence-corrected chi connectivity index (χ2v) is 7.43. The largest absolute Gasteiger partial charge is 0.472 e. The summed E-state index contributed by atoms with van der Waals surface area (Å²) in [5.41, 5.74) is 0.638. The van der Waals surface area contributed by atoms with Gasteiger partial charge in [0.2, 0.25) is 0 Å². The Hall–Kier alpha value is -1.80. The van der Waals surface area contributed by atoms with Gasteiger partial charge in [-0.15, -0.1) is 5.10 Å². The van der Waals surface area contributed by atoms with Crippen LogP contribution < -0.4 is 10.1 Å². The molecular formula is C18H28N4O4. The number of aromatic nitrogens is 2. The Kier molecular flexibility index (Phi) is 5.31. The SMILES string of the molecule is Cn1cc(NC(=O)N2CCOC(C3CCOCC3)C2)c(OC2CCC2)n1. The fourth-order valence-corrected chi connectivity index (χ4v) is 3.71. The Morgan fingerprint density at radius 3 is 2.81 bits per heavy atom. The molecule has 0 spiro atoms. The summed E-state index contributed by atoms with van der Waals surface area (Å²) in [6.45, 7) is 3.37. The number of hydrogen-bond acceptors (Lipinski definition) is 5. The first-order valence-corrected chi connectivity index (χ1v) is 9.64. The molecule has 1 unspecified atom stereocenters. The van der Waals surface area contributed by atoms with E-state index in [0.717, 1.165) is 38.9 Å². The number of anilines is 1. The van der Waals surface area contributed by atoms with Gasteiger partial charge in [0.25, 0.3) is 5.88 Å². The van der Waals surface area contributed by atoms with Gasteiger partial charge >= 0.3 is 6.03 Å². The summed E-state index contributed by atoms with van der Waals surface area (Å²) in [7, 11) is 1.83. The van der Waals surface area contributed by atoms with Crippen molar-refractivity contribution in [1.29, 1.82) is 0 Å². The van der Waals surface area contributed by atoms with Gasteiger partial charge in [-0.1, -0.05) is 0 Å². The van der Waals surface area contributed by atoms with E-state index in [4.69, 9.17) is 14.2 Å². The molecule has 1 saturated carbocycles. The van der Waals surface area contributed by atoms with Crippen LogP contribution in [0.15, 0.2) is 6.20 Å². The molecule has 1 N–H and O–H groups in total. The van der Waals surface area contributed by atoms with E-state index in [0.29, 0.717) is 37.2 Å². The molecule has 3 heterocycles. The average molecular weight is 364 g/mol. The third-order valence-corrected chi connectivity index (χ3v) is 5.54. The maximum absolute atomic E-state index is 12.8. The lowest BCUT2D eigenvalue weighted by atomic mass is 9.93. The molecule has 4 rings (SSSR count). The maximum atomic E-state index is 12.8. The summed E-state index contributed by atoms with van der Waals surface area (Å²) >= 11 is 0. The zero-order chi connectivity index (χ0) is 17.9. The number of aryl methyl sites for hydroxylation is 1. The van der Waals surface area contributed by atoms with Crippen LogP contribution in [-0.4, -0.2) is 65.8 Å². The Labute approximate surface area is 153 Å². The summed E-state index contributed by atoms with van der Waals surface area (Å²) in [6, 6.07) is -0.114. The van der Waals surface area contributed by atoms with Crippen LogP contribution >= 0.6 is 0 Å². The highest BCUT2D eigenvalue weighted by Crippen LogP contribution is 2.30. The molecule has 3 aliphatic rings. The zero-order valence-electron chi connectivity index (χ0n) is 15.4. The van der Waals surface area contributed by atoms with Gasteiger partial charge in [0, 0.05) is 33.4 Å². The molecule has 8 heteroatoms. The standard InChI is InChI=1S/C18H28N4O4/c1-21-11-15(17(20-21)26-14-3-2-4-14)19-18(23)22-7-10-25-16(12-22)13-5-8-24-9-6-13/h11,13-14,16H,2-10,12H2,1H3,(H,19,23). The van der Waals surface area contributed by atoms with E-state index in [9.17, 15) is 4.79 Å². The van der Waals surface area contributed by atoms with E-state index in [1.54, 1.807) is 10.9 Å². The minimum Gasteiger partial charge on any atom is -0.472 e. The van der Waals surface area contributed by atoms with Crippen LogP contribution in [0.5, 0.6) is 5.88 Å². The predicted molar refractivity (Wildman–Crippen MR) is 95.3 cm³/mol. The summed E-state index contributed by atoms with van der Waals surface area (Å²) < 4.78 is 18.9. The van der Waals surface area contributed by atoms with E-state index < -0.39 is 0 Å². The van der Waals surface area contributed by atoms with E-state index in [1.165, 1.54) is 6.42 Å². The first-order chi connectivity index (χ1) is 12.7. The maximum Gasteiger partial charge on any atom is 0.322 e. The first-order valence-electron chi connectivity index (χ1n) is 9.64. The predicted octanol–water partition coefficient (Wildman–Crippen LogP) is 2.01. The molecule has 2 aliphatic heterocycles. The van der Waals surface area contributed by atoms with Crippen molar-refractivity contribution in [3.63, 3.8) is 0 Å². The van der Waals surface area contributed by atoms with Crippen LogP contribution in [0.4, 0.5) is 10.5 Å².